The Hall–Kier alpha value is -2.00. The number of nitrogens with zero attached hydrogens (tertiary/aromatic N) is 3. The van der Waals surface area contributed by atoms with E-state index in [1.165, 1.54) is 15.6 Å². The molecule has 3 rings (SSSR count). The van der Waals surface area contributed by atoms with E-state index in [-0.39, 0.29) is 24.6 Å². The van der Waals surface area contributed by atoms with Crippen molar-refractivity contribution in [1.82, 2.24) is 14.1 Å². The van der Waals surface area contributed by atoms with Gasteiger partial charge in [0.2, 0.25) is 10.0 Å². The lowest BCUT2D eigenvalue weighted by molar-refractivity contribution is 0.257. The fourth-order valence-corrected chi connectivity index (χ4v) is 5.10. The number of hydrogen-bond acceptors (Lipinski definition) is 5. The molecule has 2 aromatic heterocycles. The van der Waals surface area contributed by atoms with Crippen LogP contribution in [0.25, 0.3) is 10.6 Å². The summed E-state index contributed by atoms with van der Waals surface area (Å²) in [7, 11) is -3.74. The van der Waals surface area contributed by atoms with Crippen molar-refractivity contribution in [3.8, 4) is 10.6 Å². The molecule has 0 fully saturated rings. The van der Waals surface area contributed by atoms with Crippen LogP contribution in [-0.4, -0.2) is 47.3 Å². The van der Waals surface area contributed by atoms with Gasteiger partial charge in [0, 0.05) is 19.3 Å². The van der Waals surface area contributed by atoms with E-state index >= 15 is 0 Å². The number of rotatable bonds is 8. The van der Waals surface area contributed by atoms with Crippen molar-refractivity contribution >= 4 is 21.4 Å². The minimum Gasteiger partial charge on any atom is -0.395 e. The quantitative estimate of drug-likeness (QED) is 0.641. The minimum atomic E-state index is -3.74. The van der Waals surface area contributed by atoms with E-state index in [0.29, 0.717) is 12.2 Å². The van der Waals surface area contributed by atoms with Gasteiger partial charge < -0.3 is 5.11 Å². The Balaban J connectivity index is 2.05. The molecule has 1 aromatic carbocycles. The first-order chi connectivity index (χ1) is 12.6. The van der Waals surface area contributed by atoms with Crippen LogP contribution in [0.5, 0.6) is 0 Å². The summed E-state index contributed by atoms with van der Waals surface area (Å²) in [5.41, 5.74) is 1.49. The normalized spacial score (nSPS) is 12.0. The van der Waals surface area contributed by atoms with Crippen molar-refractivity contribution in [1.29, 1.82) is 0 Å². The first-order valence-corrected chi connectivity index (χ1v) is 10.6. The van der Waals surface area contributed by atoms with Crippen molar-refractivity contribution < 1.29 is 13.5 Å². The lowest BCUT2D eigenvalue weighted by atomic mass is 10.2. The molecule has 0 saturated carbocycles. The molecule has 1 N–H and O–H groups in total. The van der Waals surface area contributed by atoms with E-state index in [1.807, 2.05) is 47.8 Å². The predicted octanol–water partition coefficient (Wildman–Crippen LogP) is 2.66. The molecule has 3 aromatic rings. The molecule has 0 atom stereocenters. The predicted molar refractivity (Wildman–Crippen MR) is 103 cm³/mol. The molecule has 138 valence electrons. The highest BCUT2D eigenvalue weighted by Crippen LogP contribution is 2.31. The van der Waals surface area contributed by atoms with Crippen molar-refractivity contribution in [3.63, 3.8) is 0 Å². The summed E-state index contributed by atoms with van der Waals surface area (Å²) in [6.07, 6.45) is 1.58. The number of aromatic nitrogens is 2. The monoisotopic (exact) mass is 391 g/mol. The van der Waals surface area contributed by atoms with Crippen LogP contribution in [0.4, 0.5) is 0 Å². The third kappa shape index (κ3) is 3.88. The standard InChI is InChI=1S/C18H21N3O3S2/c1-2-21(10-11-22)26(23,24)17-14-20(13-15-7-4-3-5-8-15)19-18(17)16-9-6-12-25-16/h3-9,12,14,22H,2,10-11,13H2,1H3. The van der Waals surface area contributed by atoms with Gasteiger partial charge in [-0.2, -0.15) is 9.40 Å². The van der Waals surface area contributed by atoms with E-state index in [4.69, 9.17) is 0 Å². The Morgan fingerprint density at radius 3 is 2.58 bits per heavy atom. The van der Waals surface area contributed by atoms with Crippen LogP contribution in [0, 0.1) is 0 Å². The lowest BCUT2D eigenvalue weighted by Gasteiger charge is -2.18. The smallest absolute Gasteiger partial charge is 0.246 e. The number of benzene rings is 1. The average Bonchev–Trinajstić information content (AvgIpc) is 3.30. The van der Waals surface area contributed by atoms with Crippen LogP contribution in [0.2, 0.25) is 0 Å². The SMILES string of the molecule is CCN(CCO)S(=O)(=O)c1cn(Cc2ccccc2)nc1-c1cccs1. The van der Waals surface area contributed by atoms with E-state index in [1.54, 1.807) is 17.8 Å². The maximum Gasteiger partial charge on any atom is 0.246 e. The van der Waals surface area contributed by atoms with Crippen molar-refractivity contribution in [2.75, 3.05) is 19.7 Å². The summed E-state index contributed by atoms with van der Waals surface area (Å²) in [6, 6.07) is 13.5. The first-order valence-electron chi connectivity index (χ1n) is 8.32. The summed E-state index contributed by atoms with van der Waals surface area (Å²) in [4.78, 5) is 0.974. The second-order valence-electron chi connectivity index (χ2n) is 5.72. The van der Waals surface area contributed by atoms with E-state index < -0.39 is 10.0 Å². The van der Waals surface area contributed by atoms with E-state index in [9.17, 15) is 13.5 Å². The van der Waals surface area contributed by atoms with Crippen LogP contribution < -0.4 is 0 Å². The molecule has 26 heavy (non-hydrogen) atoms. The number of thiophene rings is 1. The van der Waals surface area contributed by atoms with E-state index in [2.05, 4.69) is 5.10 Å². The highest BCUT2D eigenvalue weighted by atomic mass is 32.2. The number of aliphatic hydroxyl groups excluding tert-OH is 1. The summed E-state index contributed by atoms with van der Waals surface area (Å²) in [5, 5.41) is 15.7. The summed E-state index contributed by atoms with van der Waals surface area (Å²) in [6.45, 7) is 2.37. The Labute approximate surface area is 157 Å². The number of hydrogen-bond donors (Lipinski definition) is 1. The molecule has 0 amide bonds. The zero-order chi connectivity index (χ0) is 18.6. The highest BCUT2D eigenvalue weighted by Gasteiger charge is 2.29. The molecule has 0 saturated heterocycles. The zero-order valence-electron chi connectivity index (χ0n) is 14.4. The van der Waals surface area contributed by atoms with Gasteiger partial charge in [0.25, 0.3) is 0 Å². The fourth-order valence-electron chi connectivity index (χ4n) is 2.73. The fraction of sp³-hybridized carbons (Fsp3) is 0.278. The Morgan fingerprint density at radius 2 is 1.96 bits per heavy atom. The lowest BCUT2D eigenvalue weighted by Crippen LogP contribution is -2.33. The number of likely N-dealkylation sites (N-methyl/N-ethyl adjacent to an activating group) is 1. The molecule has 0 aliphatic rings. The van der Waals surface area contributed by atoms with Crippen molar-refractivity contribution in [2.45, 2.75) is 18.4 Å². The Kier molecular flexibility index (Phi) is 5.87. The Bertz CT molecular complexity index is 935. The minimum absolute atomic E-state index is 0.0621. The van der Waals surface area contributed by atoms with Gasteiger partial charge in [-0.15, -0.1) is 11.3 Å². The van der Waals surface area contributed by atoms with Crippen LogP contribution >= 0.6 is 11.3 Å². The summed E-state index contributed by atoms with van der Waals surface area (Å²) < 4.78 is 29.1. The highest BCUT2D eigenvalue weighted by molar-refractivity contribution is 7.89. The summed E-state index contributed by atoms with van der Waals surface area (Å²) in [5.74, 6) is 0. The van der Waals surface area contributed by atoms with Gasteiger partial charge in [-0.25, -0.2) is 8.42 Å². The maximum atomic E-state index is 13.1. The van der Waals surface area contributed by atoms with Crippen LogP contribution in [0.15, 0.2) is 58.9 Å². The molecular weight excluding hydrogens is 370 g/mol. The third-order valence-corrected chi connectivity index (χ3v) is 6.84. The zero-order valence-corrected chi connectivity index (χ0v) is 16.1. The second kappa shape index (κ2) is 8.13. The average molecular weight is 392 g/mol. The van der Waals surface area contributed by atoms with Gasteiger partial charge in [-0.1, -0.05) is 43.3 Å². The Morgan fingerprint density at radius 1 is 1.19 bits per heavy atom. The van der Waals surface area contributed by atoms with Crippen molar-refractivity contribution in [3.05, 3.63) is 59.6 Å². The molecule has 0 unspecified atom stereocenters. The van der Waals surface area contributed by atoms with E-state index in [0.717, 1.165) is 10.4 Å². The largest absolute Gasteiger partial charge is 0.395 e. The van der Waals surface area contributed by atoms with Gasteiger partial charge in [0.1, 0.15) is 10.6 Å². The third-order valence-electron chi connectivity index (χ3n) is 3.99. The summed E-state index contributed by atoms with van der Waals surface area (Å²) >= 11 is 1.45. The van der Waals surface area contributed by atoms with Gasteiger partial charge in [-0.3, -0.25) is 4.68 Å². The second-order valence-corrected chi connectivity index (χ2v) is 8.58. The van der Waals surface area contributed by atoms with Gasteiger partial charge >= 0.3 is 0 Å². The van der Waals surface area contributed by atoms with Crippen molar-refractivity contribution in [2.24, 2.45) is 0 Å². The first kappa shape index (κ1) is 18.8. The molecule has 0 aliphatic carbocycles. The molecule has 0 radical (unpaired) electrons. The molecule has 0 aliphatic heterocycles. The topological polar surface area (TPSA) is 75.4 Å². The molecule has 0 bridgehead atoms. The molecule has 0 spiro atoms. The molecule has 2 heterocycles. The van der Waals surface area contributed by atoms with Crippen LogP contribution in [0.3, 0.4) is 0 Å². The molecular formula is C18H21N3O3S2. The van der Waals surface area contributed by atoms with Gasteiger partial charge in [-0.05, 0) is 17.0 Å². The van der Waals surface area contributed by atoms with Gasteiger partial charge in [0.15, 0.2) is 0 Å². The molecule has 6 nitrogen and oxygen atoms in total. The van der Waals surface area contributed by atoms with Crippen LogP contribution in [-0.2, 0) is 16.6 Å². The number of aliphatic hydroxyl groups is 1. The number of sulfonamides is 1. The van der Waals surface area contributed by atoms with Gasteiger partial charge in [0.05, 0.1) is 18.0 Å². The molecule has 8 heteroatoms. The van der Waals surface area contributed by atoms with Crippen LogP contribution in [0.1, 0.15) is 12.5 Å². The maximum absolute atomic E-state index is 13.1.